The SMILES string of the molecule is Cc1nc(NS(=O)(=O)c2cn(C)c(C)n2)n[nH]1. The topological polar surface area (TPSA) is 106 Å². The Morgan fingerprint density at radius 2 is 2.06 bits per heavy atom. The summed E-state index contributed by atoms with van der Waals surface area (Å²) in [4.78, 5) is 7.79. The van der Waals surface area contributed by atoms with Gasteiger partial charge in [0.25, 0.3) is 16.0 Å². The van der Waals surface area contributed by atoms with Crippen LogP contribution in [0.15, 0.2) is 11.2 Å². The van der Waals surface area contributed by atoms with E-state index in [1.807, 2.05) is 0 Å². The van der Waals surface area contributed by atoms with Gasteiger partial charge in [-0.05, 0) is 13.8 Å². The summed E-state index contributed by atoms with van der Waals surface area (Å²) in [5.74, 6) is 1.14. The molecular formula is C8H12N6O2S. The fourth-order valence-electron chi connectivity index (χ4n) is 1.22. The Labute approximate surface area is 98.1 Å². The van der Waals surface area contributed by atoms with E-state index in [1.54, 1.807) is 25.5 Å². The molecular weight excluding hydrogens is 244 g/mol. The first kappa shape index (κ1) is 11.6. The van der Waals surface area contributed by atoms with Gasteiger partial charge < -0.3 is 4.57 Å². The minimum Gasteiger partial charge on any atom is -0.337 e. The van der Waals surface area contributed by atoms with Crippen molar-refractivity contribution in [2.45, 2.75) is 18.9 Å². The lowest BCUT2D eigenvalue weighted by Crippen LogP contribution is -2.14. The van der Waals surface area contributed by atoms with Gasteiger partial charge in [-0.1, -0.05) is 0 Å². The molecule has 0 saturated carbocycles. The van der Waals surface area contributed by atoms with E-state index in [2.05, 4.69) is 24.9 Å². The molecule has 92 valence electrons. The third kappa shape index (κ3) is 2.28. The molecule has 0 saturated heterocycles. The van der Waals surface area contributed by atoms with Crippen molar-refractivity contribution in [3.63, 3.8) is 0 Å². The van der Waals surface area contributed by atoms with Crippen molar-refractivity contribution in [2.24, 2.45) is 7.05 Å². The summed E-state index contributed by atoms with van der Waals surface area (Å²) in [5.41, 5.74) is 0. The van der Waals surface area contributed by atoms with E-state index in [4.69, 9.17) is 0 Å². The number of imidazole rings is 1. The Balaban J connectivity index is 2.31. The van der Waals surface area contributed by atoms with Crippen LogP contribution in [0, 0.1) is 13.8 Å². The molecule has 2 heterocycles. The molecule has 9 heteroatoms. The normalized spacial score (nSPS) is 11.7. The Morgan fingerprint density at radius 1 is 1.35 bits per heavy atom. The van der Waals surface area contributed by atoms with Gasteiger partial charge in [0.05, 0.1) is 0 Å². The largest absolute Gasteiger partial charge is 0.337 e. The van der Waals surface area contributed by atoms with Crippen LogP contribution in [0.4, 0.5) is 5.95 Å². The first-order chi connectivity index (χ1) is 7.88. The molecule has 0 aliphatic rings. The molecule has 0 radical (unpaired) electrons. The number of aryl methyl sites for hydroxylation is 3. The van der Waals surface area contributed by atoms with Crippen molar-refractivity contribution in [2.75, 3.05) is 4.72 Å². The number of aromatic nitrogens is 5. The van der Waals surface area contributed by atoms with E-state index in [0.717, 1.165) is 0 Å². The van der Waals surface area contributed by atoms with Crippen LogP contribution in [0.1, 0.15) is 11.6 Å². The van der Waals surface area contributed by atoms with Gasteiger partial charge in [-0.2, -0.15) is 13.4 Å². The molecule has 17 heavy (non-hydrogen) atoms. The van der Waals surface area contributed by atoms with E-state index >= 15 is 0 Å². The first-order valence-corrected chi connectivity index (χ1v) is 6.28. The quantitative estimate of drug-likeness (QED) is 0.801. The Morgan fingerprint density at radius 3 is 2.53 bits per heavy atom. The number of hydrogen-bond donors (Lipinski definition) is 2. The zero-order valence-electron chi connectivity index (χ0n) is 9.59. The molecule has 0 unspecified atom stereocenters. The summed E-state index contributed by atoms with van der Waals surface area (Å²) in [5, 5.41) is 6.18. The van der Waals surface area contributed by atoms with Gasteiger partial charge in [-0.3, -0.25) is 5.10 Å². The molecule has 0 aliphatic heterocycles. The lowest BCUT2D eigenvalue weighted by atomic mass is 10.7. The van der Waals surface area contributed by atoms with Crippen LogP contribution in [-0.4, -0.2) is 33.2 Å². The Hall–Kier alpha value is -1.90. The maximum Gasteiger partial charge on any atom is 0.283 e. The summed E-state index contributed by atoms with van der Waals surface area (Å²) in [7, 11) is -2.01. The molecule has 0 fully saturated rings. The lowest BCUT2D eigenvalue weighted by molar-refractivity contribution is 0.597. The monoisotopic (exact) mass is 256 g/mol. The van der Waals surface area contributed by atoms with Crippen LogP contribution in [0.2, 0.25) is 0 Å². The minimum absolute atomic E-state index is 0.00538. The van der Waals surface area contributed by atoms with Crippen LogP contribution in [0.3, 0.4) is 0 Å². The number of H-pyrrole nitrogens is 1. The van der Waals surface area contributed by atoms with Crippen molar-refractivity contribution in [3.05, 3.63) is 17.8 Å². The maximum atomic E-state index is 11.9. The molecule has 2 aromatic rings. The molecule has 0 aromatic carbocycles. The minimum atomic E-state index is -3.73. The van der Waals surface area contributed by atoms with Crippen molar-refractivity contribution >= 4 is 16.0 Å². The van der Waals surface area contributed by atoms with Crippen LogP contribution in [0.25, 0.3) is 0 Å². The number of hydrogen-bond acceptors (Lipinski definition) is 5. The average molecular weight is 256 g/mol. The number of nitrogens with one attached hydrogen (secondary N) is 2. The first-order valence-electron chi connectivity index (χ1n) is 4.80. The van der Waals surface area contributed by atoms with Crippen molar-refractivity contribution in [1.29, 1.82) is 0 Å². The Bertz CT molecular complexity index is 621. The van der Waals surface area contributed by atoms with Gasteiger partial charge in [0, 0.05) is 13.2 Å². The third-order valence-corrected chi connectivity index (χ3v) is 3.38. The van der Waals surface area contributed by atoms with Gasteiger partial charge in [0.2, 0.25) is 0 Å². The van der Waals surface area contributed by atoms with Gasteiger partial charge in [0.1, 0.15) is 11.6 Å². The number of anilines is 1. The molecule has 2 rings (SSSR count). The van der Waals surface area contributed by atoms with Gasteiger partial charge in [0.15, 0.2) is 5.03 Å². The fourth-order valence-corrected chi connectivity index (χ4v) is 2.20. The van der Waals surface area contributed by atoms with Crippen LogP contribution in [-0.2, 0) is 17.1 Å². The van der Waals surface area contributed by atoms with Crippen molar-refractivity contribution < 1.29 is 8.42 Å². The summed E-state index contributed by atoms with van der Waals surface area (Å²) < 4.78 is 27.7. The van der Waals surface area contributed by atoms with Crippen LogP contribution < -0.4 is 4.72 Å². The van der Waals surface area contributed by atoms with Crippen LogP contribution >= 0.6 is 0 Å². The standard InChI is InChI=1S/C8H12N6O2S/c1-5-9-8(12-11-5)13-17(15,16)7-4-14(3)6(2)10-7/h4H,1-3H3,(H2,9,11,12,13). The fraction of sp³-hybridized carbons (Fsp3) is 0.375. The predicted molar refractivity (Wildman–Crippen MR) is 59.9 cm³/mol. The number of rotatable bonds is 3. The molecule has 0 spiro atoms. The highest BCUT2D eigenvalue weighted by molar-refractivity contribution is 7.92. The van der Waals surface area contributed by atoms with Gasteiger partial charge in [-0.15, -0.1) is 5.10 Å². The summed E-state index contributed by atoms with van der Waals surface area (Å²) in [6, 6.07) is 0. The second-order valence-electron chi connectivity index (χ2n) is 3.59. The smallest absolute Gasteiger partial charge is 0.283 e. The molecule has 2 N–H and O–H groups in total. The van der Waals surface area contributed by atoms with Crippen molar-refractivity contribution in [3.8, 4) is 0 Å². The van der Waals surface area contributed by atoms with E-state index in [9.17, 15) is 8.42 Å². The molecule has 2 aromatic heterocycles. The number of aromatic amines is 1. The zero-order valence-corrected chi connectivity index (χ0v) is 10.4. The summed E-state index contributed by atoms with van der Waals surface area (Å²) in [6.07, 6.45) is 1.43. The number of sulfonamides is 1. The van der Waals surface area contributed by atoms with Gasteiger partial charge in [-0.25, -0.2) is 9.71 Å². The predicted octanol–water partition coefficient (Wildman–Crippen LogP) is -0.0442. The van der Waals surface area contributed by atoms with Crippen LogP contribution in [0.5, 0.6) is 0 Å². The molecule has 0 bridgehead atoms. The van der Waals surface area contributed by atoms with Gasteiger partial charge >= 0.3 is 0 Å². The second kappa shape index (κ2) is 3.84. The lowest BCUT2D eigenvalue weighted by Gasteiger charge is -1.99. The molecule has 0 aliphatic carbocycles. The maximum absolute atomic E-state index is 11.9. The molecule has 0 atom stereocenters. The average Bonchev–Trinajstić information content (AvgIpc) is 2.75. The zero-order chi connectivity index (χ0) is 12.6. The second-order valence-corrected chi connectivity index (χ2v) is 5.22. The van der Waals surface area contributed by atoms with Crippen molar-refractivity contribution in [1.82, 2.24) is 24.7 Å². The van der Waals surface area contributed by atoms with E-state index in [1.165, 1.54) is 6.20 Å². The number of nitrogens with zero attached hydrogens (tertiary/aromatic N) is 4. The summed E-state index contributed by atoms with van der Waals surface area (Å²) in [6.45, 7) is 3.39. The highest BCUT2D eigenvalue weighted by Gasteiger charge is 2.20. The molecule has 0 amide bonds. The third-order valence-electron chi connectivity index (χ3n) is 2.18. The van der Waals surface area contributed by atoms with E-state index in [-0.39, 0.29) is 11.0 Å². The molecule has 8 nitrogen and oxygen atoms in total. The van der Waals surface area contributed by atoms with E-state index < -0.39 is 10.0 Å². The van der Waals surface area contributed by atoms with E-state index in [0.29, 0.717) is 11.6 Å². The highest BCUT2D eigenvalue weighted by Crippen LogP contribution is 2.11. The highest BCUT2D eigenvalue weighted by atomic mass is 32.2. The summed E-state index contributed by atoms with van der Waals surface area (Å²) >= 11 is 0. The Kier molecular flexibility index (Phi) is 2.62.